The minimum atomic E-state index is -1.38. The van der Waals surface area contributed by atoms with E-state index in [1.54, 1.807) is 47.9 Å². The summed E-state index contributed by atoms with van der Waals surface area (Å²) in [5.41, 5.74) is 1.18. The average Bonchev–Trinajstić information content (AvgIpc) is 3.86. The summed E-state index contributed by atoms with van der Waals surface area (Å²) in [5.74, 6) is -3.45. The van der Waals surface area contributed by atoms with Crippen LogP contribution < -0.4 is 15.2 Å². The van der Waals surface area contributed by atoms with E-state index in [0.717, 1.165) is 12.1 Å². The number of rotatable bonds is 6. The maximum atomic E-state index is 16.1. The third-order valence-corrected chi connectivity index (χ3v) is 9.21. The minimum absolute atomic E-state index is 0.00245. The highest BCUT2D eigenvalue weighted by atomic mass is 19.1. The molecule has 0 unspecified atom stereocenters. The molecule has 1 saturated heterocycles. The van der Waals surface area contributed by atoms with Gasteiger partial charge in [0.15, 0.2) is 23.1 Å². The Morgan fingerprint density at radius 1 is 1.02 bits per heavy atom. The number of hydrogen-bond acceptors (Lipinski definition) is 9. The summed E-state index contributed by atoms with van der Waals surface area (Å²) in [6, 6.07) is 14.8. The van der Waals surface area contributed by atoms with E-state index in [9.17, 15) is 4.79 Å². The van der Waals surface area contributed by atoms with Crippen molar-refractivity contribution in [3.8, 4) is 40.1 Å². The van der Waals surface area contributed by atoms with Crippen LogP contribution in [-0.2, 0) is 16.9 Å². The monoisotopic (exact) mass is 680 g/mol. The number of halogens is 3. The van der Waals surface area contributed by atoms with Gasteiger partial charge in [-0.05, 0) is 48.0 Å². The molecule has 3 aromatic heterocycles. The van der Waals surface area contributed by atoms with E-state index in [1.165, 1.54) is 12.3 Å². The number of imidazole rings is 1. The number of para-hydroxylation sites is 1. The van der Waals surface area contributed by atoms with Gasteiger partial charge in [0.2, 0.25) is 0 Å². The number of nitrogens with one attached hydrogen (secondary N) is 1. The van der Waals surface area contributed by atoms with Gasteiger partial charge in [-0.3, -0.25) is 14.5 Å². The van der Waals surface area contributed by atoms with Crippen molar-refractivity contribution in [1.29, 1.82) is 5.26 Å². The van der Waals surface area contributed by atoms with Crippen molar-refractivity contribution in [1.82, 2.24) is 24.7 Å². The molecule has 0 saturated carbocycles. The lowest BCUT2D eigenvalue weighted by molar-refractivity contribution is -0.0715. The number of nitrogens with zero attached hydrogens (tertiary/aromatic N) is 5. The fraction of sp³-hybridized carbons (Fsp3) is 0.250. The second kappa shape index (κ2) is 11.3. The van der Waals surface area contributed by atoms with Crippen LogP contribution in [0.4, 0.5) is 13.2 Å². The maximum absolute atomic E-state index is 16.1. The summed E-state index contributed by atoms with van der Waals surface area (Å²) >= 11 is 0. The summed E-state index contributed by atoms with van der Waals surface area (Å²) in [6.45, 7) is 6.34. The molecule has 6 aromatic rings. The predicted octanol–water partition coefficient (Wildman–Crippen LogP) is 6.56. The van der Waals surface area contributed by atoms with Gasteiger partial charge in [-0.2, -0.15) is 5.26 Å². The van der Waals surface area contributed by atoms with Gasteiger partial charge in [0, 0.05) is 41.6 Å². The van der Waals surface area contributed by atoms with E-state index in [4.69, 9.17) is 19.5 Å². The Kier molecular flexibility index (Phi) is 7.09. The SMILES string of the molecule is CC1(C)COC[C@H]1n1c(Cc2cc(F)c(-c3cccc4c3O[C@@](C)(c3ccc(C#N)cn3)O4)cc2F)nc2c(F)cc(-c3noc(=O)[nH]3)cc21. The third-order valence-electron chi connectivity index (χ3n) is 9.21. The molecule has 0 bridgehead atoms. The van der Waals surface area contributed by atoms with Crippen molar-refractivity contribution in [2.75, 3.05) is 13.2 Å². The number of aromatic amines is 1. The summed E-state index contributed by atoms with van der Waals surface area (Å²) in [6.07, 6.45) is 1.22. The Morgan fingerprint density at radius 2 is 1.86 bits per heavy atom. The number of fused-ring (bicyclic) bond motifs is 2. The normalized spacial score (nSPS) is 19.3. The molecule has 0 spiro atoms. The molecule has 3 aromatic carbocycles. The molecule has 1 N–H and O–H groups in total. The standard InChI is InChI=1S/C36H27F3N6O5/c1-35(2)17-47-16-29(35)45-26-11-20(33-43-34(46)50-44-33)10-25(39)31(26)42-30(45)12-19-9-24(38)22(13-23(19)37)21-5-4-6-27-32(21)49-36(3,48-27)28-8-7-18(14-40)15-41-28/h4-11,13,15,29H,12,16-17H2,1-3H3,(H,43,44,46)/t29-,36+/m1/s1. The number of H-pyrrole nitrogens is 1. The molecule has 5 heterocycles. The van der Waals surface area contributed by atoms with E-state index >= 15 is 13.2 Å². The topological polar surface area (TPSA) is 141 Å². The average molecular weight is 681 g/mol. The maximum Gasteiger partial charge on any atom is 0.439 e. The van der Waals surface area contributed by atoms with Crippen LogP contribution in [0.1, 0.15) is 49.5 Å². The lowest BCUT2D eigenvalue weighted by Gasteiger charge is -2.28. The molecule has 252 valence electrons. The van der Waals surface area contributed by atoms with Gasteiger partial charge < -0.3 is 18.8 Å². The van der Waals surface area contributed by atoms with Crippen LogP contribution in [0.2, 0.25) is 0 Å². The van der Waals surface area contributed by atoms with Crippen LogP contribution in [0.3, 0.4) is 0 Å². The predicted molar refractivity (Wildman–Crippen MR) is 172 cm³/mol. The van der Waals surface area contributed by atoms with Crippen LogP contribution in [0.5, 0.6) is 11.5 Å². The summed E-state index contributed by atoms with van der Waals surface area (Å²) < 4.78 is 72.2. The quantitative estimate of drug-likeness (QED) is 0.207. The van der Waals surface area contributed by atoms with Crippen molar-refractivity contribution >= 4 is 11.0 Å². The Balaban J connectivity index is 1.18. The van der Waals surface area contributed by atoms with Gasteiger partial charge in [0.05, 0.1) is 30.3 Å². The first-order valence-electron chi connectivity index (χ1n) is 15.6. The third kappa shape index (κ3) is 5.09. The molecular weight excluding hydrogens is 653 g/mol. The van der Waals surface area contributed by atoms with E-state index in [2.05, 4.69) is 24.6 Å². The number of pyridine rings is 1. The number of nitriles is 1. The van der Waals surface area contributed by atoms with Crippen LogP contribution >= 0.6 is 0 Å². The number of ether oxygens (including phenoxy) is 3. The minimum Gasteiger partial charge on any atom is -0.443 e. The smallest absolute Gasteiger partial charge is 0.439 e. The molecule has 0 radical (unpaired) electrons. The zero-order valence-electron chi connectivity index (χ0n) is 26.9. The zero-order chi connectivity index (χ0) is 34.9. The Hall–Kier alpha value is -5.94. The van der Waals surface area contributed by atoms with Crippen LogP contribution in [0.25, 0.3) is 33.5 Å². The first kappa shape index (κ1) is 31.3. The van der Waals surface area contributed by atoms with Crippen molar-refractivity contribution in [2.24, 2.45) is 5.41 Å². The lowest BCUT2D eigenvalue weighted by atomic mass is 9.87. The first-order valence-corrected chi connectivity index (χ1v) is 15.6. The van der Waals surface area contributed by atoms with Crippen LogP contribution in [0.15, 0.2) is 70.1 Å². The van der Waals surface area contributed by atoms with Gasteiger partial charge in [-0.25, -0.2) is 22.9 Å². The second-order valence-corrected chi connectivity index (χ2v) is 13.1. The Labute approximate surface area is 281 Å². The highest BCUT2D eigenvalue weighted by Gasteiger charge is 2.42. The van der Waals surface area contributed by atoms with Crippen molar-refractivity contribution in [3.05, 3.63) is 111 Å². The molecule has 2 aliphatic heterocycles. The highest BCUT2D eigenvalue weighted by Crippen LogP contribution is 2.49. The number of hydrogen-bond donors (Lipinski definition) is 1. The molecular formula is C36H27F3N6O5. The molecule has 14 heteroatoms. The number of benzene rings is 3. The van der Waals surface area contributed by atoms with Crippen LogP contribution in [0, 0.1) is 34.2 Å². The van der Waals surface area contributed by atoms with Gasteiger partial charge in [-0.1, -0.05) is 31.1 Å². The fourth-order valence-corrected chi connectivity index (χ4v) is 6.62. The van der Waals surface area contributed by atoms with Gasteiger partial charge in [0.1, 0.15) is 34.7 Å². The van der Waals surface area contributed by atoms with Gasteiger partial charge in [0.25, 0.3) is 5.79 Å². The number of aromatic nitrogens is 5. The molecule has 50 heavy (non-hydrogen) atoms. The summed E-state index contributed by atoms with van der Waals surface area (Å²) in [4.78, 5) is 22.9. The molecule has 0 aliphatic carbocycles. The van der Waals surface area contributed by atoms with Crippen molar-refractivity contribution in [2.45, 2.75) is 39.0 Å². The van der Waals surface area contributed by atoms with E-state index in [1.807, 2.05) is 19.9 Å². The van der Waals surface area contributed by atoms with E-state index in [-0.39, 0.29) is 58.4 Å². The van der Waals surface area contributed by atoms with Crippen molar-refractivity contribution < 1.29 is 31.9 Å². The molecule has 1 fully saturated rings. The Bertz CT molecular complexity index is 2430. The van der Waals surface area contributed by atoms with E-state index in [0.29, 0.717) is 35.0 Å². The summed E-state index contributed by atoms with van der Waals surface area (Å²) in [5, 5.41) is 12.8. The fourth-order valence-electron chi connectivity index (χ4n) is 6.62. The highest BCUT2D eigenvalue weighted by molar-refractivity contribution is 5.82. The van der Waals surface area contributed by atoms with Crippen LogP contribution in [-0.4, -0.2) is 37.9 Å². The van der Waals surface area contributed by atoms with Gasteiger partial charge >= 0.3 is 5.76 Å². The van der Waals surface area contributed by atoms with E-state index < -0.39 is 34.4 Å². The molecule has 11 nitrogen and oxygen atoms in total. The molecule has 2 aliphatic rings. The lowest BCUT2D eigenvalue weighted by Crippen LogP contribution is -2.32. The summed E-state index contributed by atoms with van der Waals surface area (Å²) in [7, 11) is 0. The van der Waals surface area contributed by atoms with Crippen molar-refractivity contribution in [3.63, 3.8) is 0 Å². The largest absolute Gasteiger partial charge is 0.443 e. The molecule has 8 rings (SSSR count). The molecule has 2 atom stereocenters. The first-order chi connectivity index (χ1) is 23.9. The molecule has 0 amide bonds. The second-order valence-electron chi connectivity index (χ2n) is 13.1. The Morgan fingerprint density at radius 3 is 2.56 bits per heavy atom. The zero-order valence-corrected chi connectivity index (χ0v) is 26.9. The van der Waals surface area contributed by atoms with Gasteiger partial charge in [-0.15, -0.1) is 0 Å².